The molecule has 0 aromatic carbocycles. The van der Waals surface area contributed by atoms with Gasteiger partial charge in [-0.25, -0.2) is 19.9 Å². The summed E-state index contributed by atoms with van der Waals surface area (Å²) < 4.78 is 14.6. The second-order valence-corrected chi connectivity index (χ2v) is 8.39. The van der Waals surface area contributed by atoms with Crippen molar-refractivity contribution in [1.29, 1.82) is 10.8 Å². The van der Waals surface area contributed by atoms with Gasteiger partial charge >= 0.3 is 0 Å². The van der Waals surface area contributed by atoms with Crippen molar-refractivity contribution in [3.8, 4) is 0 Å². The molecule has 4 aromatic rings. The Kier molecular flexibility index (Phi) is 6.32. The van der Waals surface area contributed by atoms with E-state index in [1.165, 1.54) is 12.7 Å². The maximum Gasteiger partial charge on any atom is 0.173 e. The molecule has 2 aliphatic rings. The van der Waals surface area contributed by atoms with Gasteiger partial charge in [0.05, 0.1) is 63.8 Å². The number of hydrogen-bond acceptors (Lipinski definition) is 10. The van der Waals surface area contributed by atoms with E-state index in [0.717, 1.165) is 11.1 Å². The summed E-state index contributed by atoms with van der Waals surface area (Å²) in [6, 6.07) is -0.220. The molecule has 4 atom stereocenters. The van der Waals surface area contributed by atoms with Crippen LogP contribution in [0.2, 0.25) is 0 Å². The molecule has 6 heterocycles. The summed E-state index contributed by atoms with van der Waals surface area (Å²) in [4.78, 5) is 22.2. The third-order valence-corrected chi connectivity index (χ3v) is 6.42. The van der Waals surface area contributed by atoms with Gasteiger partial charge in [-0.1, -0.05) is 13.2 Å². The van der Waals surface area contributed by atoms with E-state index in [-0.39, 0.29) is 48.5 Å². The van der Waals surface area contributed by atoms with Crippen LogP contribution in [0.15, 0.2) is 49.6 Å². The fraction of sp³-hybridized carbons (Fsp3) is 0.364. The molecule has 6 rings (SSSR count). The number of ether oxygens (including phenoxy) is 2. The predicted octanol–water partition coefficient (Wildman–Crippen LogP) is -0.545. The number of aromatic amines is 2. The number of nitrogens with one attached hydrogen (secondary N) is 4. The number of fused-ring (bicyclic) bond motifs is 2. The first-order valence-electron chi connectivity index (χ1n) is 11.2. The van der Waals surface area contributed by atoms with Crippen LogP contribution in [0.1, 0.15) is 12.1 Å². The first-order chi connectivity index (χ1) is 17.4. The zero-order chi connectivity index (χ0) is 25.4. The molecule has 4 aromatic heterocycles. The van der Waals surface area contributed by atoms with Crippen molar-refractivity contribution < 1.29 is 19.7 Å². The highest BCUT2D eigenvalue weighted by molar-refractivity contribution is 5.69. The van der Waals surface area contributed by atoms with Crippen LogP contribution in [0.25, 0.3) is 22.3 Å². The third kappa shape index (κ3) is 3.95. The van der Waals surface area contributed by atoms with Crippen LogP contribution in [-0.4, -0.2) is 87.9 Å². The first-order valence-corrected chi connectivity index (χ1v) is 11.2. The lowest BCUT2D eigenvalue weighted by Gasteiger charge is -2.15. The standard InChI is InChI=1S/2C11H13N5O2/c2*1-6-7(3-18-8(6)2-17)16-5-15-10(12)9-11(16)14-4-13-9/h2*4-5,7-8,12,17H,1-3H2,(H,13,14)/t2*7-,8-/m11/s1. The van der Waals surface area contributed by atoms with E-state index < -0.39 is 0 Å². The summed E-state index contributed by atoms with van der Waals surface area (Å²) in [5.74, 6) is 0. The number of aromatic nitrogens is 8. The predicted molar refractivity (Wildman–Crippen MR) is 125 cm³/mol. The molecule has 0 bridgehead atoms. The lowest BCUT2D eigenvalue weighted by molar-refractivity contribution is 0.0689. The number of rotatable bonds is 4. The molecule has 0 radical (unpaired) electrons. The monoisotopic (exact) mass is 494 g/mol. The second-order valence-electron chi connectivity index (χ2n) is 8.39. The smallest absolute Gasteiger partial charge is 0.173 e. The van der Waals surface area contributed by atoms with Crippen LogP contribution in [0, 0.1) is 10.8 Å². The molecular formula is C22H26N10O4. The molecule has 2 aliphatic heterocycles. The molecule has 0 unspecified atom stereocenters. The largest absolute Gasteiger partial charge is 0.393 e. The molecule has 2 saturated heterocycles. The summed E-state index contributed by atoms with van der Waals surface area (Å²) in [6.07, 6.45) is 5.50. The van der Waals surface area contributed by atoms with E-state index >= 15 is 0 Å². The van der Waals surface area contributed by atoms with Gasteiger partial charge in [0.25, 0.3) is 0 Å². The van der Waals surface area contributed by atoms with E-state index in [4.69, 9.17) is 30.5 Å². The van der Waals surface area contributed by atoms with E-state index in [1.807, 2.05) is 9.13 Å². The molecule has 14 heteroatoms. The Labute approximate surface area is 203 Å². The minimum atomic E-state index is -0.341. The number of aliphatic hydroxyl groups is 2. The number of hydrogen-bond donors (Lipinski definition) is 6. The Bertz CT molecular complexity index is 1430. The van der Waals surface area contributed by atoms with E-state index in [9.17, 15) is 0 Å². The van der Waals surface area contributed by atoms with Crippen LogP contribution in [-0.2, 0) is 9.47 Å². The maximum absolute atomic E-state index is 9.16. The van der Waals surface area contributed by atoms with Crippen LogP contribution in [0.4, 0.5) is 0 Å². The fourth-order valence-electron chi connectivity index (χ4n) is 4.38. The quantitative estimate of drug-likeness (QED) is 0.203. The van der Waals surface area contributed by atoms with E-state index in [1.54, 1.807) is 12.7 Å². The third-order valence-electron chi connectivity index (χ3n) is 6.42. The highest BCUT2D eigenvalue weighted by atomic mass is 16.5. The summed E-state index contributed by atoms with van der Waals surface area (Å²) in [6.45, 7) is 8.61. The Balaban J connectivity index is 0.000000148. The Hall–Kier alpha value is -3.98. The van der Waals surface area contributed by atoms with Gasteiger partial charge in [-0.15, -0.1) is 0 Å². The summed E-state index contributed by atoms with van der Waals surface area (Å²) in [5, 5.41) is 33.7. The van der Waals surface area contributed by atoms with Gasteiger partial charge in [-0.3, -0.25) is 10.8 Å². The van der Waals surface area contributed by atoms with Crippen LogP contribution >= 0.6 is 0 Å². The zero-order valence-electron chi connectivity index (χ0n) is 19.3. The number of imidazole rings is 2. The maximum atomic E-state index is 9.16. The molecule has 0 spiro atoms. The van der Waals surface area contributed by atoms with Gasteiger partial charge < -0.3 is 38.8 Å². The molecule has 2 fully saturated rings. The molecule has 0 saturated carbocycles. The van der Waals surface area contributed by atoms with Crippen molar-refractivity contribution in [3.63, 3.8) is 0 Å². The number of H-pyrrole nitrogens is 2. The number of aliphatic hydroxyl groups excluding tert-OH is 2. The van der Waals surface area contributed by atoms with Crippen LogP contribution in [0.3, 0.4) is 0 Å². The topological polar surface area (TPSA) is 200 Å². The van der Waals surface area contributed by atoms with E-state index in [2.05, 4.69) is 43.1 Å². The molecule has 6 N–H and O–H groups in total. The molecule has 188 valence electrons. The highest BCUT2D eigenvalue weighted by Gasteiger charge is 2.32. The minimum absolute atomic E-state index is 0.0798. The summed E-state index contributed by atoms with van der Waals surface area (Å²) in [5.41, 5.74) is 4.35. The molecule has 14 nitrogen and oxygen atoms in total. The average Bonchev–Trinajstić information content (AvgIpc) is 3.67. The van der Waals surface area contributed by atoms with E-state index in [0.29, 0.717) is 35.5 Å². The SMILES string of the molecule is C=C1[C@H](n2cnc(=N)c3[nH]cnc32)CO[C@@H]1CO.C=C1[C@H](n2cnc(=N)c3[nH]cnc32)CO[C@@H]1CO. The van der Waals surface area contributed by atoms with Crippen molar-refractivity contribution in [2.75, 3.05) is 26.4 Å². The fourth-order valence-corrected chi connectivity index (χ4v) is 4.38. The Morgan fingerprint density at radius 3 is 1.58 bits per heavy atom. The van der Waals surface area contributed by atoms with Crippen molar-refractivity contribution in [2.24, 2.45) is 0 Å². The van der Waals surface area contributed by atoms with Gasteiger partial charge in [0.2, 0.25) is 0 Å². The van der Waals surface area contributed by atoms with Gasteiger partial charge in [0.15, 0.2) is 22.3 Å². The first kappa shape index (κ1) is 23.7. The van der Waals surface area contributed by atoms with Crippen molar-refractivity contribution in [2.45, 2.75) is 24.3 Å². The molecule has 0 amide bonds. The second kappa shape index (κ2) is 9.58. The summed E-state index contributed by atoms with van der Waals surface area (Å²) >= 11 is 0. The van der Waals surface area contributed by atoms with Crippen molar-refractivity contribution in [3.05, 3.63) is 60.6 Å². The van der Waals surface area contributed by atoms with Crippen LogP contribution < -0.4 is 11.0 Å². The van der Waals surface area contributed by atoms with Gasteiger partial charge in [0, 0.05) is 0 Å². The summed E-state index contributed by atoms with van der Waals surface area (Å²) in [7, 11) is 0. The van der Waals surface area contributed by atoms with Crippen molar-refractivity contribution in [1.82, 2.24) is 39.0 Å². The highest BCUT2D eigenvalue weighted by Crippen LogP contribution is 2.31. The Morgan fingerprint density at radius 2 is 1.22 bits per heavy atom. The zero-order valence-corrected chi connectivity index (χ0v) is 19.3. The van der Waals surface area contributed by atoms with Gasteiger partial charge in [0.1, 0.15) is 23.2 Å². The van der Waals surface area contributed by atoms with Gasteiger partial charge in [-0.05, 0) is 11.1 Å². The normalized spacial score (nSPS) is 23.9. The van der Waals surface area contributed by atoms with Crippen LogP contribution in [0.5, 0.6) is 0 Å². The lowest BCUT2D eigenvalue weighted by atomic mass is 10.1. The molecule has 36 heavy (non-hydrogen) atoms. The average molecular weight is 495 g/mol. The molecular weight excluding hydrogens is 468 g/mol. The van der Waals surface area contributed by atoms with Gasteiger partial charge in [-0.2, -0.15) is 0 Å². The molecule has 0 aliphatic carbocycles. The van der Waals surface area contributed by atoms with Crippen molar-refractivity contribution >= 4 is 22.3 Å². The minimum Gasteiger partial charge on any atom is -0.393 e. The number of nitrogens with zero attached hydrogens (tertiary/aromatic N) is 6. The Morgan fingerprint density at radius 1 is 0.806 bits per heavy atom. The lowest BCUT2D eigenvalue weighted by Crippen LogP contribution is -2.19.